The summed E-state index contributed by atoms with van der Waals surface area (Å²) < 4.78 is 6.33. The predicted molar refractivity (Wildman–Crippen MR) is 85.1 cm³/mol. The molecule has 0 aliphatic rings. The average Bonchev–Trinajstić information content (AvgIpc) is 2.57. The second-order valence-electron chi connectivity index (χ2n) is 4.99. The molecule has 2 aromatic carbocycles. The van der Waals surface area contributed by atoms with Crippen LogP contribution in [0.2, 0.25) is 0 Å². The Kier molecular flexibility index (Phi) is 3.74. The number of carbonyl (C=O) groups excluding carboxylic acids is 1. The van der Waals surface area contributed by atoms with Gasteiger partial charge in [0.15, 0.2) is 0 Å². The average molecular weight is 293 g/mol. The smallest absolute Gasteiger partial charge is 0.343 e. The number of esters is 1. The number of rotatable bonds is 3. The van der Waals surface area contributed by atoms with E-state index in [2.05, 4.69) is 0 Å². The maximum Gasteiger partial charge on any atom is 0.343 e. The van der Waals surface area contributed by atoms with Gasteiger partial charge >= 0.3 is 5.97 Å². The van der Waals surface area contributed by atoms with Crippen molar-refractivity contribution in [1.82, 2.24) is 4.57 Å². The highest BCUT2D eigenvalue weighted by Gasteiger charge is 2.16. The van der Waals surface area contributed by atoms with Gasteiger partial charge in [0.05, 0.1) is 19.2 Å². The van der Waals surface area contributed by atoms with Crippen molar-refractivity contribution >= 4 is 16.9 Å². The normalized spacial score (nSPS) is 10.6. The minimum atomic E-state index is -0.613. The Morgan fingerprint density at radius 2 is 1.73 bits per heavy atom. The van der Waals surface area contributed by atoms with Crippen LogP contribution in [0, 0.1) is 0 Å². The quantitative estimate of drug-likeness (QED) is 0.698. The maximum absolute atomic E-state index is 12.6. The lowest BCUT2D eigenvalue weighted by atomic mass is 10.1. The van der Waals surface area contributed by atoms with Crippen molar-refractivity contribution in [3.63, 3.8) is 0 Å². The molecule has 110 valence electrons. The molecule has 0 radical (unpaired) electrons. The van der Waals surface area contributed by atoms with Crippen molar-refractivity contribution in [2.24, 2.45) is 0 Å². The summed E-state index contributed by atoms with van der Waals surface area (Å²) in [5.41, 5.74) is 1.51. The Hall–Kier alpha value is -2.88. The summed E-state index contributed by atoms with van der Waals surface area (Å²) in [6, 6.07) is 18.8. The first-order valence-corrected chi connectivity index (χ1v) is 6.95. The maximum atomic E-state index is 12.6. The number of para-hydroxylation sites is 1. The summed E-state index contributed by atoms with van der Waals surface area (Å²) in [4.78, 5) is 24.5. The summed E-state index contributed by atoms with van der Waals surface area (Å²) in [5.74, 6) is -0.613. The van der Waals surface area contributed by atoms with Crippen LogP contribution in [0.15, 0.2) is 65.5 Å². The summed E-state index contributed by atoms with van der Waals surface area (Å²) >= 11 is 0. The van der Waals surface area contributed by atoms with Gasteiger partial charge in [0.1, 0.15) is 5.56 Å². The molecule has 0 spiro atoms. The second kappa shape index (κ2) is 5.85. The largest absolute Gasteiger partial charge is 0.465 e. The highest BCUT2D eigenvalue weighted by Crippen LogP contribution is 2.15. The Morgan fingerprint density at radius 3 is 2.45 bits per heavy atom. The molecule has 0 unspecified atom stereocenters. The van der Waals surface area contributed by atoms with Crippen LogP contribution in [0.5, 0.6) is 0 Å². The molecule has 0 saturated carbocycles. The van der Waals surface area contributed by atoms with Crippen LogP contribution in [0.25, 0.3) is 10.9 Å². The van der Waals surface area contributed by atoms with Crippen LogP contribution in [-0.2, 0) is 11.3 Å². The number of aromatic nitrogens is 1. The first-order chi connectivity index (χ1) is 10.7. The van der Waals surface area contributed by atoms with Crippen molar-refractivity contribution in [1.29, 1.82) is 0 Å². The molecule has 1 heterocycles. The fourth-order valence-corrected chi connectivity index (χ4v) is 2.51. The molecule has 0 aliphatic heterocycles. The molecule has 0 bridgehead atoms. The van der Waals surface area contributed by atoms with Crippen LogP contribution in [0.4, 0.5) is 0 Å². The zero-order valence-corrected chi connectivity index (χ0v) is 12.2. The molecule has 3 aromatic rings. The van der Waals surface area contributed by atoms with Crippen molar-refractivity contribution < 1.29 is 9.53 Å². The van der Waals surface area contributed by atoms with E-state index in [0.717, 1.165) is 16.5 Å². The van der Waals surface area contributed by atoms with Gasteiger partial charge in [-0.2, -0.15) is 0 Å². The fraction of sp³-hybridized carbons (Fsp3) is 0.111. The van der Waals surface area contributed by atoms with E-state index >= 15 is 0 Å². The SMILES string of the molecule is COC(=O)c1cc2ccccc2n(Cc2ccccc2)c1=O. The van der Waals surface area contributed by atoms with Gasteiger partial charge in [-0.15, -0.1) is 0 Å². The Labute approximate surface area is 127 Å². The molecular weight excluding hydrogens is 278 g/mol. The molecule has 0 atom stereocenters. The minimum Gasteiger partial charge on any atom is -0.465 e. The van der Waals surface area contributed by atoms with Crippen molar-refractivity contribution in [3.8, 4) is 0 Å². The Bertz CT molecular complexity index is 882. The molecule has 4 heteroatoms. The van der Waals surface area contributed by atoms with Crippen LogP contribution >= 0.6 is 0 Å². The Balaban J connectivity index is 2.24. The molecule has 0 aliphatic carbocycles. The number of hydrogen-bond acceptors (Lipinski definition) is 3. The van der Waals surface area contributed by atoms with Gasteiger partial charge < -0.3 is 9.30 Å². The molecule has 0 fully saturated rings. The first-order valence-electron chi connectivity index (χ1n) is 6.95. The van der Waals surface area contributed by atoms with E-state index in [1.807, 2.05) is 54.6 Å². The van der Waals surface area contributed by atoms with Crippen LogP contribution in [0.3, 0.4) is 0 Å². The van der Waals surface area contributed by atoms with Gasteiger partial charge in [0.25, 0.3) is 5.56 Å². The summed E-state index contributed by atoms with van der Waals surface area (Å²) in [7, 11) is 1.28. The van der Waals surface area contributed by atoms with Gasteiger partial charge in [-0.25, -0.2) is 4.79 Å². The summed E-state index contributed by atoms with van der Waals surface area (Å²) in [5, 5.41) is 0.832. The lowest BCUT2D eigenvalue weighted by molar-refractivity contribution is 0.0598. The van der Waals surface area contributed by atoms with E-state index in [9.17, 15) is 9.59 Å². The minimum absolute atomic E-state index is 0.0529. The summed E-state index contributed by atoms with van der Waals surface area (Å²) in [6.07, 6.45) is 0. The van der Waals surface area contributed by atoms with Crippen LogP contribution in [-0.4, -0.2) is 17.6 Å². The van der Waals surface area contributed by atoms with Crippen LogP contribution < -0.4 is 5.56 Å². The van der Waals surface area contributed by atoms with E-state index in [-0.39, 0.29) is 11.1 Å². The van der Waals surface area contributed by atoms with E-state index < -0.39 is 5.97 Å². The number of nitrogens with zero attached hydrogens (tertiary/aromatic N) is 1. The van der Waals surface area contributed by atoms with E-state index in [4.69, 9.17) is 4.74 Å². The highest BCUT2D eigenvalue weighted by atomic mass is 16.5. The van der Waals surface area contributed by atoms with Crippen molar-refractivity contribution in [3.05, 3.63) is 82.1 Å². The number of carbonyl (C=O) groups is 1. The summed E-state index contributed by atoms with van der Waals surface area (Å²) in [6.45, 7) is 0.408. The third-order valence-corrected chi connectivity index (χ3v) is 3.59. The van der Waals surface area contributed by atoms with Crippen molar-refractivity contribution in [2.45, 2.75) is 6.54 Å². The molecule has 0 N–H and O–H groups in total. The molecule has 0 amide bonds. The number of ether oxygens (including phenoxy) is 1. The van der Waals surface area contributed by atoms with E-state index in [0.29, 0.717) is 6.54 Å². The predicted octanol–water partition coefficient (Wildman–Crippen LogP) is 2.84. The number of pyridine rings is 1. The topological polar surface area (TPSA) is 48.3 Å². The van der Waals surface area contributed by atoms with Gasteiger partial charge in [-0.05, 0) is 23.1 Å². The molecule has 1 aromatic heterocycles. The zero-order valence-electron chi connectivity index (χ0n) is 12.2. The van der Waals surface area contributed by atoms with Gasteiger partial charge in [-0.1, -0.05) is 48.5 Å². The standard InChI is InChI=1S/C18H15NO3/c1-22-18(21)15-11-14-9-5-6-10-16(14)19(17(15)20)12-13-7-3-2-4-8-13/h2-11H,12H2,1H3. The number of methoxy groups -OCH3 is 1. The molecule has 0 saturated heterocycles. The number of hydrogen-bond donors (Lipinski definition) is 0. The fourth-order valence-electron chi connectivity index (χ4n) is 2.51. The zero-order chi connectivity index (χ0) is 15.5. The van der Waals surface area contributed by atoms with Crippen LogP contribution in [0.1, 0.15) is 15.9 Å². The molecular formula is C18H15NO3. The molecule has 4 nitrogen and oxygen atoms in total. The van der Waals surface area contributed by atoms with Gasteiger partial charge in [0, 0.05) is 0 Å². The van der Waals surface area contributed by atoms with Gasteiger partial charge in [0.2, 0.25) is 0 Å². The van der Waals surface area contributed by atoms with E-state index in [1.165, 1.54) is 7.11 Å². The monoisotopic (exact) mass is 293 g/mol. The van der Waals surface area contributed by atoms with Crippen molar-refractivity contribution in [2.75, 3.05) is 7.11 Å². The lowest BCUT2D eigenvalue weighted by Crippen LogP contribution is -2.27. The molecule has 3 rings (SSSR count). The van der Waals surface area contributed by atoms with E-state index in [1.54, 1.807) is 10.6 Å². The number of fused-ring (bicyclic) bond motifs is 1. The Morgan fingerprint density at radius 1 is 1.05 bits per heavy atom. The highest BCUT2D eigenvalue weighted by molar-refractivity contribution is 5.93. The van der Waals surface area contributed by atoms with Gasteiger partial charge in [-0.3, -0.25) is 4.79 Å². The first kappa shape index (κ1) is 14.1. The number of benzene rings is 2. The third-order valence-electron chi connectivity index (χ3n) is 3.59. The molecule has 22 heavy (non-hydrogen) atoms. The third kappa shape index (κ3) is 2.51. The lowest BCUT2D eigenvalue weighted by Gasteiger charge is -2.12. The second-order valence-corrected chi connectivity index (χ2v) is 4.99.